The molecular formula is C12H19NO3S. The highest BCUT2D eigenvalue weighted by Gasteiger charge is 2.20. The van der Waals surface area contributed by atoms with Crippen LogP contribution in [0.3, 0.4) is 0 Å². The van der Waals surface area contributed by atoms with Gasteiger partial charge >= 0.3 is 6.09 Å². The van der Waals surface area contributed by atoms with Crippen LogP contribution in [0.25, 0.3) is 0 Å². The predicted molar refractivity (Wildman–Crippen MR) is 67.9 cm³/mol. The molecule has 1 N–H and O–H groups in total. The van der Waals surface area contributed by atoms with Gasteiger partial charge in [0.25, 0.3) is 0 Å². The van der Waals surface area contributed by atoms with E-state index in [4.69, 9.17) is 9.84 Å². The Labute approximate surface area is 106 Å². The fourth-order valence-corrected chi connectivity index (χ4v) is 2.22. The van der Waals surface area contributed by atoms with Gasteiger partial charge in [0.2, 0.25) is 0 Å². The van der Waals surface area contributed by atoms with Gasteiger partial charge in [0.05, 0.1) is 13.2 Å². The first-order valence-corrected chi connectivity index (χ1v) is 6.31. The summed E-state index contributed by atoms with van der Waals surface area (Å²) < 4.78 is 5.25. The predicted octanol–water partition coefficient (Wildman–Crippen LogP) is 2.61. The van der Waals surface area contributed by atoms with E-state index in [1.54, 1.807) is 7.05 Å². The van der Waals surface area contributed by atoms with Crippen LogP contribution in [0, 0.1) is 0 Å². The fourth-order valence-electron chi connectivity index (χ4n) is 1.27. The normalized spacial score (nSPS) is 11.4. The van der Waals surface area contributed by atoms with Crippen molar-refractivity contribution in [2.24, 2.45) is 0 Å². The van der Waals surface area contributed by atoms with Crippen LogP contribution in [0.15, 0.2) is 11.4 Å². The van der Waals surface area contributed by atoms with Crippen LogP contribution in [-0.2, 0) is 17.9 Å². The quantitative estimate of drug-likeness (QED) is 0.905. The van der Waals surface area contributed by atoms with Gasteiger partial charge in [-0.3, -0.25) is 0 Å². The van der Waals surface area contributed by atoms with Crippen molar-refractivity contribution < 1.29 is 14.6 Å². The maximum atomic E-state index is 11.7. The first-order chi connectivity index (χ1) is 7.83. The molecule has 0 fully saturated rings. The second-order valence-electron chi connectivity index (χ2n) is 4.86. The third kappa shape index (κ3) is 4.36. The Morgan fingerprint density at radius 3 is 2.71 bits per heavy atom. The molecular weight excluding hydrogens is 238 g/mol. The molecule has 0 spiro atoms. The van der Waals surface area contributed by atoms with Crippen molar-refractivity contribution in [2.75, 3.05) is 7.05 Å². The van der Waals surface area contributed by atoms with E-state index in [1.165, 1.54) is 16.2 Å². The summed E-state index contributed by atoms with van der Waals surface area (Å²) in [6.07, 6.45) is -0.352. The number of carbonyl (C=O) groups excluding carboxylic acids is 1. The average molecular weight is 257 g/mol. The minimum Gasteiger partial charge on any atom is -0.444 e. The monoisotopic (exact) mass is 257 g/mol. The molecule has 1 heterocycles. The summed E-state index contributed by atoms with van der Waals surface area (Å²) in [5.74, 6) is 0. The lowest BCUT2D eigenvalue weighted by atomic mass is 10.2. The highest BCUT2D eigenvalue weighted by Crippen LogP contribution is 2.19. The number of ether oxygens (including phenoxy) is 1. The first-order valence-electron chi connectivity index (χ1n) is 5.43. The smallest absolute Gasteiger partial charge is 0.410 e. The number of carbonyl (C=O) groups is 1. The van der Waals surface area contributed by atoms with Crippen LogP contribution in [-0.4, -0.2) is 28.7 Å². The Kier molecular flexibility index (Phi) is 4.54. The van der Waals surface area contributed by atoms with Gasteiger partial charge < -0.3 is 14.7 Å². The van der Waals surface area contributed by atoms with Gasteiger partial charge in [-0.1, -0.05) is 0 Å². The highest BCUT2D eigenvalue weighted by atomic mass is 32.1. The van der Waals surface area contributed by atoms with Crippen LogP contribution in [0.2, 0.25) is 0 Å². The maximum Gasteiger partial charge on any atom is 0.410 e. The van der Waals surface area contributed by atoms with Crippen LogP contribution < -0.4 is 0 Å². The van der Waals surface area contributed by atoms with E-state index < -0.39 is 5.60 Å². The summed E-state index contributed by atoms with van der Waals surface area (Å²) in [6, 6.07) is 1.86. The van der Waals surface area contributed by atoms with Crippen LogP contribution in [0.5, 0.6) is 0 Å². The zero-order valence-corrected chi connectivity index (χ0v) is 11.5. The summed E-state index contributed by atoms with van der Waals surface area (Å²) in [4.78, 5) is 14.2. The van der Waals surface area contributed by atoms with Crippen LogP contribution in [0.1, 0.15) is 31.2 Å². The Balaban J connectivity index is 2.60. The second kappa shape index (κ2) is 5.51. The summed E-state index contributed by atoms with van der Waals surface area (Å²) in [5, 5.41) is 11.0. The lowest BCUT2D eigenvalue weighted by molar-refractivity contribution is 0.0286. The minimum atomic E-state index is -0.486. The van der Waals surface area contributed by atoms with Gasteiger partial charge in [0.1, 0.15) is 5.60 Å². The molecule has 1 amide bonds. The Bertz CT molecular complexity index is 381. The standard InChI is InChI=1S/C12H19NO3S/c1-12(2,3)16-11(15)13(4)7-10-9(8-14)5-6-17-10/h5-6,14H,7-8H2,1-4H3. The lowest BCUT2D eigenvalue weighted by Gasteiger charge is -2.24. The molecule has 4 nitrogen and oxygen atoms in total. The molecule has 0 aliphatic heterocycles. The molecule has 0 unspecified atom stereocenters. The molecule has 96 valence electrons. The number of rotatable bonds is 3. The zero-order valence-electron chi connectivity index (χ0n) is 10.7. The van der Waals surface area contributed by atoms with Crippen LogP contribution in [0.4, 0.5) is 4.79 Å². The molecule has 0 bridgehead atoms. The van der Waals surface area contributed by atoms with Crippen molar-refractivity contribution in [1.29, 1.82) is 0 Å². The molecule has 0 atom stereocenters. The Morgan fingerprint density at radius 1 is 1.53 bits per heavy atom. The van der Waals surface area contributed by atoms with E-state index in [9.17, 15) is 4.79 Å². The fraction of sp³-hybridized carbons (Fsp3) is 0.583. The largest absolute Gasteiger partial charge is 0.444 e. The number of aliphatic hydroxyl groups is 1. The third-order valence-electron chi connectivity index (χ3n) is 2.09. The Hall–Kier alpha value is -1.07. The molecule has 0 saturated heterocycles. The number of aliphatic hydroxyl groups excluding tert-OH is 1. The highest BCUT2D eigenvalue weighted by molar-refractivity contribution is 7.10. The third-order valence-corrected chi connectivity index (χ3v) is 3.04. The zero-order chi connectivity index (χ0) is 13.1. The van der Waals surface area contributed by atoms with Gasteiger partial charge in [0, 0.05) is 11.9 Å². The minimum absolute atomic E-state index is 0.000984. The Morgan fingerprint density at radius 2 is 2.18 bits per heavy atom. The van der Waals surface area contributed by atoms with Crippen molar-refractivity contribution in [3.63, 3.8) is 0 Å². The van der Waals surface area contributed by atoms with Crippen molar-refractivity contribution in [1.82, 2.24) is 4.90 Å². The van der Waals surface area contributed by atoms with E-state index in [-0.39, 0.29) is 12.7 Å². The molecule has 0 aliphatic carbocycles. The molecule has 0 aliphatic rings. The summed E-state index contributed by atoms with van der Waals surface area (Å²) >= 11 is 1.53. The van der Waals surface area contributed by atoms with Gasteiger partial charge in [-0.05, 0) is 37.8 Å². The number of amides is 1. The number of hydrogen-bond donors (Lipinski definition) is 1. The van der Waals surface area contributed by atoms with Crippen molar-refractivity contribution in [2.45, 2.75) is 39.5 Å². The van der Waals surface area contributed by atoms with Gasteiger partial charge in [-0.2, -0.15) is 0 Å². The molecule has 1 rings (SSSR count). The van der Waals surface area contributed by atoms with E-state index >= 15 is 0 Å². The summed E-state index contributed by atoms with van der Waals surface area (Å²) in [6.45, 7) is 5.97. The molecule has 1 aromatic heterocycles. The molecule has 1 aromatic rings. The maximum absolute atomic E-state index is 11.7. The summed E-state index contributed by atoms with van der Waals surface area (Å²) in [7, 11) is 1.69. The van der Waals surface area contributed by atoms with Crippen molar-refractivity contribution in [3.05, 3.63) is 21.9 Å². The van der Waals surface area contributed by atoms with Gasteiger partial charge in [-0.25, -0.2) is 4.79 Å². The topological polar surface area (TPSA) is 49.8 Å². The average Bonchev–Trinajstić information content (AvgIpc) is 2.62. The van der Waals surface area contributed by atoms with E-state index in [2.05, 4.69) is 0 Å². The number of nitrogens with zero attached hydrogens (tertiary/aromatic N) is 1. The SMILES string of the molecule is CN(Cc1sccc1CO)C(=O)OC(C)(C)C. The number of hydrogen-bond acceptors (Lipinski definition) is 4. The summed E-state index contributed by atoms with van der Waals surface area (Å²) in [5.41, 5.74) is 0.381. The van der Waals surface area contributed by atoms with Gasteiger partial charge in [0.15, 0.2) is 0 Å². The van der Waals surface area contributed by atoms with E-state index in [1.807, 2.05) is 32.2 Å². The van der Waals surface area contributed by atoms with E-state index in [0.717, 1.165) is 10.4 Å². The lowest BCUT2D eigenvalue weighted by Crippen LogP contribution is -2.33. The molecule has 5 heteroatoms. The van der Waals surface area contributed by atoms with Gasteiger partial charge in [-0.15, -0.1) is 11.3 Å². The van der Waals surface area contributed by atoms with E-state index in [0.29, 0.717) is 6.54 Å². The molecule has 0 aromatic carbocycles. The molecule has 17 heavy (non-hydrogen) atoms. The number of thiophene rings is 1. The van der Waals surface area contributed by atoms with Crippen molar-refractivity contribution >= 4 is 17.4 Å². The van der Waals surface area contributed by atoms with Crippen molar-refractivity contribution in [3.8, 4) is 0 Å². The second-order valence-corrected chi connectivity index (χ2v) is 5.86. The molecule has 0 saturated carbocycles. The molecule has 0 radical (unpaired) electrons. The first kappa shape index (κ1) is 14.0. The van der Waals surface area contributed by atoms with Crippen LogP contribution >= 0.6 is 11.3 Å².